The van der Waals surface area contributed by atoms with Gasteiger partial charge in [-0.1, -0.05) is 12.1 Å². The van der Waals surface area contributed by atoms with Crippen LogP contribution in [-0.2, 0) is 16.0 Å². The number of hydrogen-bond donors (Lipinski definition) is 3. The number of carbonyl (C=O) groups excluding carboxylic acids is 1. The van der Waals surface area contributed by atoms with E-state index in [0.29, 0.717) is 17.9 Å². The number of fused-ring (bicyclic) bond motifs is 1. The third-order valence-corrected chi connectivity index (χ3v) is 4.73. The predicted molar refractivity (Wildman–Crippen MR) is 89.1 cm³/mol. The number of carboxylic acids is 1. The molecule has 2 atom stereocenters. The van der Waals surface area contributed by atoms with Gasteiger partial charge in [0, 0.05) is 5.69 Å². The molecule has 1 unspecified atom stereocenters. The molecule has 2 rings (SSSR count). The van der Waals surface area contributed by atoms with Gasteiger partial charge in [0.25, 0.3) is 0 Å². The van der Waals surface area contributed by atoms with Crippen molar-refractivity contribution in [3.05, 3.63) is 29.3 Å². The molecule has 0 spiro atoms. The SMILES string of the molecule is CSCC[C@H](NC(=O)C1CCCc2c(N)cccc21)C(=O)O. The minimum absolute atomic E-state index is 0.208. The Balaban J connectivity index is 2.14. The zero-order chi connectivity index (χ0) is 16.1. The van der Waals surface area contributed by atoms with E-state index in [9.17, 15) is 14.7 Å². The van der Waals surface area contributed by atoms with Crippen LogP contribution in [0.4, 0.5) is 5.69 Å². The molecule has 0 radical (unpaired) electrons. The summed E-state index contributed by atoms with van der Waals surface area (Å²) in [7, 11) is 0. The van der Waals surface area contributed by atoms with E-state index in [1.165, 1.54) is 0 Å². The summed E-state index contributed by atoms with van der Waals surface area (Å²) in [6.45, 7) is 0. The van der Waals surface area contributed by atoms with Gasteiger partial charge in [0.1, 0.15) is 6.04 Å². The first kappa shape index (κ1) is 16.7. The monoisotopic (exact) mass is 322 g/mol. The maximum absolute atomic E-state index is 12.5. The van der Waals surface area contributed by atoms with E-state index >= 15 is 0 Å². The largest absolute Gasteiger partial charge is 0.480 e. The highest BCUT2D eigenvalue weighted by molar-refractivity contribution is 7.98. The first-order chi connectivity index (χ1) is 10.5. The Labute approximate surface area is 134 Å². The molecule has 0 fully saturated rings. The molecule has 1 aliphatic carbocycles. The lowest BCUT2D eigenvalue weighted by Crippen LogP contribution is -2.44. The molecule has 0 heterocycles. The first-order valence-electron chi connectivity index (χ1n) is 7.44. The molecule has 6 heteroatoms. The average molecular weight is 322 g/mol. The normalized spacial score (nSPS) is 18.3. The summed E-state index contributed by atoms with van der Waals surface area (Å²) in [4.78, 5) is 23.8. The fourth-order valence-electron chi connectivity index (χ4n) is 2.91. The van der Waals surface area contributed by atoms with Crippen LogP contribution in [0.15, 0.2) is 18.2 Å². The van der Waals surface area contributed by atoms with Crippen molar-refractivity contribution in [2.45, 2.75) is 37.6 Å². The number of hydrogen-bond acceptors (Lipinski definition) is 4. The minimum atomic E-state index is -0.981. The van der Waals surface area contributed by atoms with E-state index in [1.807, 2.05) is 24.5 Å². The molecule has 1 aromatic carbocycles. The second kappa shape index (κ2) is 7.54. The van der Waals surface area contributed by atoms with Crippen molar-refractivity contribution in [2.24, 2.45) is 0 Å². The van der Waals surface area contributed by atoms with Gasteiger partial charge in [-0.15, -0.1) is 0 Å². The third kappa shape index (κ3) is 3.74. The van der Waals surface area contributed by atoms with E-state index in [0.717, 1.165) is 30.4 Å². The Morgan fingerprint density at radius 2 is 2.27 bits per heavy atom. The van der Waals surface area contributed by atoms with Crippen molar-refractivity contribution in [2.75, 3.05) is 17.7 Å². The van der Waals surface area contributed by atoms with Gasteiger partial charge in [0.15, 0.2) is 0 Å². The zero-order valence-corrected chi connectivity index (χ0v) is 13.5. The number of anilines is 1. The highest BCUT2D eigenvalue weighted by atomic mass is 32.2. The summed E-state index contributed by atoms with van der Waals surface area (Å²) in [6.07, 6.45) is 4.85. The second-order valence-corrected chi connectivity index (χ2v) is 6.53. The van der Waals surface area contributed by atoms with Gasteiger partial charge in [0.05, 0.1) is 5.92 Å². The lowest BCUT2D eigenvalue weighted by Gasteiger charge is -2.27. The number of carbonyl (C=O) groups is 2. The fourth-order valence-corrected chi connectivity index (χ4v) is 3.39. The number of nitrogen functional groups attached to an aromatic ring is 1. The van der Waals surface area contributed by atoms with Crippen LogP contribution in [0.3, 0.4) is 0 Å². The summed E-state index contributed by atoms with van der Waals surface area (Å²) < 4.78 is 0. The Bertz CT molecular complexity index is 562. The van der Waals surface area contributed by atoms with Crippen molar-refractivity contribution in [1.82, 2.24) is 5.32 Å². The smallest absolute Gasteiger partial charge is 0.326 e. The van der Waals surface area contributed by atoms with Gasteiger partial charge in [0.2, 0.25) is 5.91 Å². The van der Waals surface area contributed by atoms with Crippen molar-refractivity contribution in [1.29, 1.82) is 0 Å². The minimum Gasteiger partial charge on any atom is -0.480 e. The number of amides is 1. The van der Waals surface area contributed by atoms with E-state index in [-0.39, 0.29) is 11.8 Å². The zero-order valence-electron chi connectivity index (χ0n) is 12.7. The highest BCUT2D eigenvalue weighted by Crippen LogP contribution is 2.34. The predicted octanol–water partition coefficient (Wildman–Crippen LogP) is 2.01. The molecule has 1 aromatic rings. The number of aliphatic carboxylic acids is 1. The highest BCUT2D eigenvalue weighted by Gasteiger charge is 2.30. The summed E-state index contributed by atoms with van der Waals surface area (Å²) >= 11 is 1.57. The Morgan fingerprint density at radius 3 is 2.95 bits per heavy atom. The topological polar surface area (TPSA) is 92.4 Å². The van der Waals surface area contributed by atoms with Gasteiger partial charge < -0.3 is 16.2 Å². The van der Waals surface area contributed by atoms with E-state index < -0.39 is 12.0 Å². The molecule has 0 bridgehead atoms. The lowest BCUT2D eigenvalue weighted by molar-refractivity contribution is -0.142. The molecule has 0 saturated carbocycles. The molecule has 0 aromatic heterocycles. The molecule has 5 nitrogen and oxygen atoms in total. The molecular formula is C16H22N2O3S. The van der Waals surface area contributed by atoms with Gasteiger partial charge in [-0.25, -0.2) is 4.79 Å². The van der Waals surface area contributed by atoms with Crippen LogP contribution >= 0.6 is 11.8 Å². The summed E-state index contributed by atoms with van der Waals surface area (Å²) in [6, 6.07) is 4.79. The van der Waals surface area contributed by atoms with Gasteiger partial charge in [-0.3, -0.25) is 4.79 Å². The molecule has 120 valence electrons. The van der Waals surface area contributed by atoms with Crippen LogP contribution in [0.2, 0.25) is 0 Å². The lowest BCUT2D eigenvalue weighted by atomic mass is 9.81. The summed E-state index contributed by atoms with van der Waals surface area (Å²) in [5.74, 6) is -0.791. The number of benzene rings is 1. The number of nitrogens with two attached hydrogens (primary N) is 1. The second-order valence-electron chi connectivity index (χ2n) is 5.54. The summed E-state index contributed by atoms with van der Waals surface area (Å²) in [5, 5.41) is 11.9. The molecule has 0 aliphatic heterocycles. The van der Waals surface area contributed by atoms with Gasteiger partial charge >= 0.3 is 5.97 Å². The number of nitrogens with one attached hydrogen (secondary N) is 1. The van der Waals surface area contributed by atoms with Crippen molar-refractivity contribution in [3.63, 3.8) is 0 Å². The van der Waals surface area contributed by atoms with Crippen LogP contribution in [0, 0.1) is 0 Å². The molecular weight excluding hydrogens is 300 g/mol. The maximum atomic E-state index is 12.5. The van der Waals surface area contributed by atoms with Crippen molar-refractivity contribution >= 4 is 29.3 Å². The van der Waals surface area contributed by atoms with Crippen LogP contribution in [0.1, 0.15) is 36.3 Å². The molecule has 4 N–H and O–H groups in total. The van der Waals surface area contributed by atoms with Gasteiger partial charge in [-0.05, 0) is 54.9 Å². The van der Waals surface area contributed by atoms with E-state index in [1.54, 1.807) is 11.8 Å². The van der Waals surface area contributed by atoms with Crippen LogP contribution in [-0.4, -0.2) is 35.0 Å². The van der Waals surface area contributed by atoms with Crippen LogP contribution < -0.4 is 11.1 Å². The Kier molecular flexibility index (Phi) is 5.71. The first-order valence-corrected chi connectivity index (χ1v) is 8.83. The standard InChI is InChI=1S/C16H22N2O3S/c1-22-9-8-14(16(20)21)18-15(19)12-6-2-5-11-10(12)4-3-7-13(11)17/h3-4,7,12,14H,2,5-6,8-9,17H2,1H3,(H,18,19)(H,20,21)/t12?,14-/m0/s1. The van der Waals surface area contributed by atoms with Crippen LogP contribution in [0.25, 0.3) is 0 Å². The van der Waals surface area contributed by atoms with E-state index in [2.05, 4.69) is 5.32 Å². The quantitative estimate of drug-likeness (QED) is 0.697. The maximum Gasteiger partial charge on any atom is 0.326 e. The fraction of sp³-hybridized carbons (Fsp3) is 0.500. The Morgan fingerprint density at radius 1 is 1.50 bits per heavy atom. The third-order valence-electron chi connectivity index (χ3n) is 4.09. The van der Waals surface area contributed by atoms with E-state index in [4.69, 9.17) is 5.73 Å². The number of thioether (sulfide) groups is 1. The molecule has 1 amide bonds. The van der Waals surface area contributed by atoms with Crippen molar-refractivity contribution < 1.29 is 14.7 Å². The molecule has 1 aliphatic rings. The Hall–Kier alpha value is -1.69. The van der Waals surface area contributed by atoms with Crippen LogP contribution in [0.5, 0.6) is 0 Å². The molecule has 22 heavy (non-hydrogen) atoms. The van der Waals surface area contributed by atoms with Gasteiger partial charge in [-0.2, -0.15) is 11.8 Å². The summed E-state index contributed by atoms with van der Waals surface area (Å²) in [5.41, 5.74) is 8.68. The number of rotatable bonds is 6. The molecule has 0 saturated heterocycles. The average Bonchev–Trinajstić information content (AvgIpc) is 2.51. The van der Waals surface area contributed by atoms with Crippen molar-refractivity contribution in [3.8, 4) is 0 Å². The number of carboxylic acid groups (broad SMARTS) is 1.